The normalized spacial score (nSPS) is 22.2. The molecule has 1 aromatic rings. The van der Waals surface area contributed by atoms with E-state index in [0.717, 1.165) is 38.2 Å². The summed E-state index contributed by atoms with van der Waals surface area (Å²) in [5.74, 6) is 10.9. The maximum absolute atomic E-state index is 12.9. The number of hydrogen-bond acceptors (Lipinski definition) is 11. The van der Waals surface area contributed by atoms with Gasteiger partial charge in [-0.2, -0.15) is 0 Å². The minimum atomic E-state index is -1.06. The third kappa shape index (κ3) is 5.66. The van der Waals surface area contributed by atoms with Crippen molar-refractivity contribution in [2.75, 3.05) is 26.7 Å². The number of rotatable bonds is 5. The molecular formula is C20H27ClN12O2. The number of halogens is 1. The number of methoxy groups -OCH3 is 1. The number of amides is 1. The van der Waals surface area contributed by atoms with Crippen LogP contribution in [0.3, 0.4) is 0 Å². The second-order valence-electron chi connectivity index (χ2n) is 8.30. The van der Waals surface area contributed by atoms with Crippen molar-refractivity contribution >= 4 is 29.3 Å². The molecule has 3 aliphatic heterocycles. The lowest BCUT2D eigenvalue weighted by Crippen LogP contribution is -2.58. The lowest BCUT2D eigenvalue weighted by atomic mass is 9.88. The molecule has 1 saturated heterocycles. The quantitative estimate of drug-likeness (QED) is 0.167. The molecule has 1 amide bonds. The Morgan fingerprint density at radius 2 is 1.97 bits per heavy atom. The van der Waals surface area contributed by atoms with Crippen LogP contribution in [0.1, 0.15) is 18.4 Å². The standard InChI is InChI=1S/C20H27ClN12O2/c1-35-13-4-2-12(3-5-13)10-33-8-6-20(7-9-33)11-24-19(28-20)27-18(34)14-16(29-31-22)26-17(30-32-23)15(21)25-14/h2-5,14,25H,6-11H2,1H3,(H2,23,30)(H2,22,26,29)(H2,24,27,28,34). The van der Waals surface area contributed by atoms with Gasteiger partial charge in [0.15, 0.2) is 23.0 Å². The Kier molecular flexibility index (Phi) is 7.41. The van der Waals surface area contributed by atoms with Crippen LogP contribution in [-0.2, 0) is 11.3 Å². The van der Waals surface area contributed by atoms with Gasteiger partial charge >= 0.3 is 0 Å². The zero-order chi connectivity index (χ0) is 24.8. The number of benzene rings is 1. The van der Waals surface area contributed by atoms with E-state index >= 15 is 0 Å². The number of nitrogens with two attached hydrogens (primary N) is 2. The fourth-order valence-electron chi connectivity index (χ4n) is 4.15. The SMILES string of the molecule is COc1ccc(CN2CCC3(CC2)CN=C(NC(=O)C2NC(Cl)=C(N=NN)N=C2N=NN)N3)cc1. The zero-order valence-electron chi connectivity index (χ0n) is 19.1. The zero-order valence-corrected chi connectivity index (χ0v) is 19.9. The summed E-state index contributed by atoms with van der Waals surface area (Å²) in [5.41, 5.74) is 1.04. The monoisotopic (exact) mass is 502 g/mol. The molecule has 3 heterocycles. The van der Waals surface area contributed by atoms with Crippen LogP contribution in [0.5, 0.6) is 5.75 Å². The number of likely N-dealkylation sites (tertiary alicyclic amines) is 1. The Bertz CT molecular complexity index is 1090. The van der Waals surface area contributed by atoms with Crippen molar-refractivity contribution in [1.29, 1.82) is 0 Å². The van der Waals surface area contributed by atoms with E-state index in [4.69, 9.17) is 28.0 Å². The summed E-state index contributed by atoms with van der Waals surface area (Å²) in [6.07, 6.45) is 1.79. The molecule has 186 valence electrons. The van der Waals surface area contributed by atoms with Crippen LogP contribution in [0.15, 0.2) is 65.9 Å². The van der Waals surface area contributed by atoms with Gasteiger partial charge in [0.2, 0.25) is 5.82 Å². The van der Waals surface area contributed by atoms with Crippen LogP contribution >= 0.6 is 11.6 Å². The summed E-state index contributed by atoms with van der Waals surface area (Å²) in [7, 11) is 1.66. The molecule has 3 aliphatic rings. The van der Waals surface area contributed by atoms with E-state index in [1.165, 1.54) is 5.56 Å². The predicted octanol–water partition coefficient (Wildman–Crippen LogP) is 0.493. The van der Waals surface area contributed by atoms with Gasteiger partial charge in [-0.1, -0.05) is 34.2 Å². The maximum Gasteiger partial charge on any atom is 0.257 e. The highest BCUT2D eigenvalue weighted by atomic mass is 35.5. The first kappa shape index (κ1) is 24.3. The molecular weight excluding hydrogens is 476 g/mol. The lowest BCUT2D eigenvalue weighted by molar-refractivity contribution is -0.120. The summed E-state index contributed by atoms with van der Waals surface area (Å²) >= 11 is 6.10. The number of carbonyl (C=O) groups is 1. The molecule has 1 atom stereocenters. The first-order valence-electron chi connectivity index (χ1n) is 10.9. The second kappa shape index (κ2) is 10.7. The van der Waals surface area contributed by atoms with Crippen molar-refractivity contribution in [1.82, 2.24) is 20.9 Å². The number of carbonyl (C=O) groups excluding carboxylic acids is 1. The van der Waals surface area contributed by atoms with E-state index in [0.29, 0.717) is 12.5 Å². The van der Waals surface area contributed by atoms with Crippen molar-refractivity contribution in [2.24, 2.45) is 42.3 Å². The number of amidine groups is 1. The number of hydrogen-bond donors (Lipinski definition) is 5. The van der Waals surface area contributed by atoms with Gasteiger partial charge in [-0.25, -0.2) is 4.99 Å². The molecule has 15 heteroatoms. The topological polar surface area (TPSA) is 192 Å². The first-order valence-corrected chi connectivity index (χ1v) is 11.3. The summed E-state index contributed by atoms with van der Waals surface area (Å²) in [5, 5.41) is 22.5. The third-order valence-electron chi connectivity index (χ3n) is 6.06. The van der Waals surface area contributed by atoms with Gasteiger partial charge in [0.1, 0.15) is 5.75 Å². The summed E-state index contributed by atoms with van der Waals surface area (Å²) in [6, 6.07) is 7.05. The predicted molar refractivity (Wildman–Crippen MR) is 129 cm³/mol. The van der Waals surface area contributed by atoms with Gasteiger partial charge in [0.05, 0.1) is 19.2 Å². The van der Waals surface area contributed by atoms with E-state index in [1.807, 2.05) is 12.1 Å². The molecule has 0 aromatic heterocycles. The average molecular weight is 503 g/mol. The average Bonchev–Trinajstić information content (AvgIpc) is 3.25. The summed E-state index contributed by atoms with van der Waals surface area (Å²) in [4.78, 5) is 23.9. The third-order valence-corrected chi connectivity index (χ3v) is 6.34. The van der Waals surface area contributed by atoms with Crippen LogP contribution in [0.2, 0.25) is 0 Å². The smallest absolute Gasteiger partial charge is 0.257 e. The van der Waals surface area contributed by atoms with Crippen molar-refractivity contribution in [3.8, 4) is 5.75 Å². The molecule has 0 bridgehead atoms. The van der Waals surface area contributed by atoms with Crippen molar-refractivity contribution in [3.05, 3.63) is 40.8 Å². The van der Waals surface area contributed by atoms with E-state index in [9.17, 15) is 4.79 Å². The highest BCUT2D eigenvalue weighted by molar-refractivity contribution is 6.30. The Morgan fingerprint density at radius 1 is 1.26 bits per heavy atom. The molecule has 1 fully saturated rings. The summed E-state index contributed by atoms with van der Waals surface area (Å²) < 4.78 is 5.22. The Hall–Kier alpha value is -3.78. The van der Waals surface area contributed by atoms with E-state index < -0.39 is 11.9 Å². The number of guanidine groups is 1. The molecule has 0 saturated carbocycles. The summed E-state index contributed by atoms with van der Waals surface area (Å²) in [6.45, 7) is 3.26. The second-order valence-corrected chi connectivity index (χ2v) is 8.68. The van der Waals surface area contributed by atoms with Crippen molar-refractivity contribution < 1.29 is 9.53 Å². The maximum atomic E-state index is 12.9. The lowest BCUT2D eigenvalue weighted by Gasteiger charge is -2.39. The van der Waals surface area contributed by atoms with Gasteiger partial charge in [-0.05, 0) is 30.5 Å². The number of piperidine rings is 1. The Morgan fingerprint density at radius 3 is 2.63 bits per heavy atom. The van der Waals surface area contributed by atoms with Crippen molar-refractivity contribution in [3.63, 3.8) is 0 Å². The molecule has 1 unspecified atom stereocenters. The molecule has 7 N–H and O–H groups in total. The number of ether oxygens (including phenoxy) is 1. The number of nitrogens with zero attached hydrogens (tertiary/aromatic N) is 7. The fraction of sp³-hybridized carbons (Fsp3) is 0.450. The molecule has 1 aromatic carbocycles. The molecule has 35 heavy (non-hydrogen) atoms. The van der Waals surface area contributed by atoms with Crippen LogP contribution < -0.4 is 32.4 Å². The van der Waals surface area contributed by atoms with Crippen molar-refractivity contribution in [2.45, 2.75) is 31.0 Å². The van der Waals surface area contributed by atoms with Gasteiger partial charge < -0.3 is 27.1 Å². The largest absolute Gasteiger partial charge is 0.497 e. The van der Waals surface area contributed by atoms with Crippen LogP contribution in [0.4, 0.5) is 0 Å². The first-order chi connectivity index (χ1) is 16.9. The van der Waals surface area contributed by atoms with Gasteiger partial charge in [-0.3, -0.25) is 20.0 Å². The molecule has 1 spiro atoms. The van der Waals surface area contributed by atoms with E-state index in [2.05, 4.69) is 63.6 Å². The van der Waals surface area contributed by atoms with Crippen LogP contribution in [0, 0.1) is 0 Å². The molecule has 14 nitrogen and oxygen atoms in total. The Labute approximate surface area is 206 Å². The highest BCUT2D eigenvalue weighted by Crippen LogP contribution is 2.27. The van der Waals surface area contributed by atoms with Gasteiger partial charge in [-0.15, -0.1) is 10.2 Å². The minimum Gasteiger partial charge on any atom is -0.497 e. The van der Waals surface area contributed by atoms with Crippen LogP contribution in [0.25, 0.3) is 0 Å². The van der Waals surface area contributed by atoms with Gasteiger partial charge in [0, 0.05) is 19.6 Å². The molecule has 4 rings (SSSR count). The molecule has 0 radical (unpaired) electrons. The van der Waals surface area contributed by atoms with Crippen LogP contribution in [-0.4, -0.2) is 60.9 Å². The molecule has 0 aliphatic carbocycles. The highest BCUT2D eigenvalue weighted by Gasteiger charge is 2.40. The minimum absolute atomic E-state index is 0.0163. The van der Waals surface area contributed by atoms with E-state index in [-0.39, 0.29) is 22.4 Å². The Balaban J connectivity index is 1.31. The number of nitrogens with one attached hydrogen (secondary N) is 3. The van der Waals surface area contributed by atoms with E-state index in [1.54, 1.807) is 7.11 Å². The fourth-order valence-corrected chi connectivity index (χ4v) is 4.34. The van der Waals surface area contributed by atoms with Gasteiger partial charge in [0.25, 0.3) is 5.91 Å². The number of aliphatic imine (C=N–C) groups is 2.